The fourth-order valence-electron chi connectivity index (χ4n) is 1.44. The summed E-state index contributed by atoms with van der Waals surface area (Å²) in [5.74, 6) is 0. The van der Waals surface area contributed by atoms with Gasteiger partial charge in [0.25, 0.3) is 0 Å². The van der Waals surface area contributed by atoms with E-state index in [-0.39, 0.29) is 6.10 Å². The zero-order valence-electron chi connectivity index (χ0n) is 10.7. The van der Waals surface area contributed by atoms with E-state index >= 15 is 0 Å². The third-order valence-corrected chi connectivity index (χ3v) is 2.30. The fraction of sp³-hybridized carbons (Fsp3) is 1.00. The van der Waals surface area contributed by atoms with Gasteiger partial charge >= 0.3 is 0 Å². The van der Waals surface area contributed by atoms with Crippen LogP contribution in [0.5, 0.6) is 0 Å². The third-order valence-electron chi connectivity index (χ3n) is 2.30. The van der Waals surface area contributed by atoms with Crippen molar-refractivity contribution in [2.24, 2.45) is 10.8 Å². The van der Waals surface area contributed by atoms with E-state index < -0.39 is 0 Å². The molecule has 0 spiro atoms. The monoisotopic (exact) mass is 244 g/mol. The van der Waals surface area contributed by atoms with Crippen LogP contribution in [-0.2, 0) is 9.47 Å². The van der Waals surface area contributed by atoms with Crippen molar-refractivity contribution >= 4 is 0 Å². The van der Waals surface area contributed by atoms with Gasteiger partial charge in [0.2, 0.25) is 0 Å². The molecule has 0 radical (unpaired) electrons. The molecule has 0 bridgehead atoms. The zero-order valence-corrected chi connectivity index (χ0v) is 10.7. The van der Waals surface area contributed by atoms with E-state index in [1.54, 1.807) is 0 Å². The van der Waals surface area contributed by atoms with Gasteiger partial charge < -0.3 is 15.2 Å². The van der Waals surface area contributed by atoms with Crippen molar-refractivity contribution in [1.82, 2.24) is 0 Å². The van der Waals surface area contributed by atoms with Crippen LogP contribution in [0.4, 0.5) is 0 Å². The van der Waals surface area contributed by atoms with Gasteiger partial charge in [-0.15, -0.1) is 0 Å². The first-order valence-corrected chi connectivity index (χ1v) is 6.25. The van der Waals surface area contributed by atoms with Gasteiger partial charge in [0.15, 0.2) is 0 Å². The molecule has 2 N–H and O–H groups in total. The molecule has 0 amide bonds. The number of rotatable bonds is 12. The molecule has 0 rings (SSSR count). The molecule has 6 nitrogen and oxygen atoms in total. The van der Waals surface area contributed by atoms with Gasteiger partial charge in [-0.3, -0.25) is 0 Å². The molecule has 0 aromatic rings. The summed E-state index contributed by atoms with van der Waals surface area (Å²) >= 11 is 0. The highest BCUT2D eigenvalue weighted by molar-refractivity contribution is 4.58. The van der Waals surface area contributed by atoms with E-state index in [0.29, 0.717) is 32.9 Å². The maximum atomic E-state index is 8.10. The Hall–Kier alpha value is -0.810. The molecule has 0 saturated carbocycles. The molecule has 1 unspecified atom stereocenters. The van der Waals surface area contributed by atoms with Crippen molar-refractivity contribution in [3.05, 3.63) is 10.4 Å². The Kier molecular flexibility index (Phi) is 12.6. The lowest BCUT2D eigenvalue weighted by atomic mass is 10.1. The summed E-state index contributed by atoms with van der Waals surface area (Å²) in [7, 11) is 0. The minimum absolute atomic E-state index is 0.108. The topological polar surface area (TPSA) is 93.2 Å². The van der Waals surface area contributed by atoms with Crippen LogP contribution in [0.15, 0.2) is 5.11 Å². The molecule has 0 saturated heterocycles. The van der Waals surface area contributed by atoms with E-state index in [4.69, 9.17) is 20.7 Å². The van der Waals surface area contributed by atoms with Crippen molar-refractivity contribution in [3.63, 3.8) is 0 Å². The number of nitrogens with zero attached hydrogens (tertiary/aromatic N) is 3. The van der Waals surface area contributed by atoms with Crippen molar-refractivity contribution in [1.29, 1.82) is 0 Å². The van der Waals surface area contributed by atoms with E-state index in [9.17, 15) is 0 Å². The van der Waals surface area contributed by atoms with Crippen LogP contribution in [0.2, 0.25) is 0 Å². The summed E-state index contributed by atoms with van der Waals surface area (Å²) < 4.78 is 11.0. The Bertz CT molecular complexity index is 208. The standard InChI is InChI=1S/C11H24N4O2/c1-2-3-4-5-11(17-8-6-12)10-16-9-7-14-15-13/h11H,2-10,12H2,1H3. The summed E-state index contributed by atoms with van der Waals surface area (Å²) in [5, 5.41) is 3.40. The number of azide groups is 1. The molecule has 17 heavy (non-hydrogen) atoms. The average Bonchev–Trinajstić information content (AvgIpc) is 2.35. The highest BCUT2D eigenvalue weighted by Gasteiger charge is 2.08. The highest BCUT2D eigenvalue weighted by Crippen LogP contribution is 2.07. The van der Waals surface area contributed by atoms with Crippen LogP contribution in [-0.4, -0.2) is 39.0 Å². The van der Waals surface area contributed by atoms with Crippen molar-refractivity contribution in [2.75, 3.05) is 32.9 Å². The number of hydrogen-bond donors (Lipinski definition) is 1. The van der Waals surface area contributed by atoms with Crippen LogP contribution in [0.25, 0.3) is 10.4 Å². The first-order chi connectivity index (χ1) is 8.35. The van der Waals surface area contributed by atoms with Gasteiger partial charge in [-0.2, -0.15) is 0 Å². The Labute approximate surface area is 103 Å². The number of hydrogen-bond acceptors (Lipinski definition) is 4. The van der Waals surface area contributed by atoms with E-state index in [1.807, 2.05) is 0 Å². The maximum Gasteiger partial charge on any atom is 0.0809 e. The smallest absolute Gasteiger partial charge is 0.0809 e. The molecule has 0 heterocycles. The van der Waals surface area contributed by atoms with Crippen molar-refractivity contribution < 1.29 is 9.47 Å². The van der Waals surface area contributed by atoms with Gasteiger partial charge in [0, 0.05) is 18.0 Å². The first kappa shape index (κ1) is 16.2. The lowest BCUT2D eigenvalue weighted by molar-refractivity contribution is -0.0167. The fourth-order valence-corrected chi connectivity index (χ4v) is 1.44. The lowest BCUT2D eigenvalue weighted by Crippen LogP contribution is -2.24. The third kappa shape index (κ3) is 11.5. The zero-order chi connectivity index (χ0) is 12.8. The van der Waals surface area contributed by atoms with Crippen molar-refractivity contribution in [3.8, 4) is 0 Å². The minimum atomic E-state index is 0.108. The molecule has 0 fully saturated rings. The molecular weight excluding hydrogens is 220 g/mol. The second-order valence-corrected chi connectivity index (χ2v) is 3.81. The van der Waals surface area contributed by atoms with Crippen LogP contribution in [0.3, 0.4) is 0 Å². The summed E-state index contributed by atoms with van der Waals surface area (Å²) in [5.41, 5.74) is 13.5. The van der Waals surface area contributed by atoms with Gasteiger partial charge in [-0.25, -0.2) is 0 Å². The largest absolute Gasteiger partial charge is 0.379 e. The number of unbranched alkanes of at least 4 members (excludes halogenated alkanes) is 2. The van der Waals surface area contributed by atoms with Crippen LogP contribution >= 0.6 is 0 Å². The molecule has 0 aliphatic carbocycles. The van der Waals surface area contributed by atoms with Gasteiger partial charge in [-0.05, 0) is 12.0 Å². The Balaban J connectivity index is 3.63. The van der Waals surface area contributed by atoms with Gasteiger partial charge in [0.05, 0.1) is 25.9 Å². The molecule has 0 aromatic carbocycles. The molecule has 6 heteroatoms. The summed E-state index contributed by atoms with van der Waals surface area (Å²) in [6.45, 7) is 4.63. The SMILES string of the molecule is CCCCCC(COCCN=[N+]=[N-])OCCN. The average molecular weight is 244 g/mol. The second kappa shape index (κ2) is 13.3. The number of nitrogens with two attached hydrogens (primary N) is 1. The Morgan fingerprint density at radius 3 is 2.82 bits per heavy atom. The predicted octanol–water partition coefficient (Wildman–Crippen LogP) is 2.24. The lowest BCUT2D eigenvalue weighted by Gasteiger charge is -2.17. The number of ether oxygens (including phenoxy) is 2. The Morgan fingerprint density at radius 2 is 2.18 bits per heavy atom. The predicted molar refractivity (Wildman–Crippen MR) is 67.8 cm³/mol. The summed E-state index contributed by atoms with van der Waals surface area (Å²) in [6, 6.07) is 0. The van der Waals surface area contributed by atoms with E-state index in [2.05, 4.69) is 16.9 Å². The van der Waals surface area contributed by atoms with Gasteiger partial charge in [-0.1, -0.05) is 31.3 Å². The summed E-state index contributed by atoms with van der Waals surface area (Å²) in [6.07, 6.45) is 4.65. The van der Waals surface area contributed by atoms with E-state index in [1.165, 1.54) is 12.8 Å². The highest BCUT2D eigenvalue weighted by atomic mass is 16.5. The molecule has 0 aliphatic heterocycles. The second-order valence-electron chi connectivity index (χ2n) is 3.81. The van der Waals surface area contributed by atoms with Crippen molar-refractivity contribution in [2.45, 2.75) is 38.7 Å². The van der Waals surface area contributed by atoms with Crippen LogP contribution < -0.4 is 5.73 Å². The molecule has 100 valence electrons. The van der Waals surface area contributed by atoms with E-state index in [0.717, 1.165) is 12.8 Å². The normalized spacial score (nSPS) is 12.1. The Morgan fingerprint density at radius 1 is 1.35 bits per heavy atom. The molecule has 0 aromatic heterocycles. The van der Waals surface area contributed by atoms with Crippen LogP contribution in [0, 0.1) is 0 Å². The molecular formula is C11H24N4O2. The maximum absolute atomic E-state index is 8.10. The first-order valence-electron chi connectivity index (χ1n) is 6.25. The molecule has 1 atom stereocenters. The quantitative estimate of drug-likeness (QED) is 0.247. The summed E-state index contributed by atoms with van der Waals surface area (Å²) in [4.78, 5) is 2.66. The minimum Gasteiger partial charge on any atom is -0.379 e. The van der Waals surface area contributed by atoms with Crippen LogP contribution in [0.1, 0.15) is 32.6 Å². The van der Waals surface area contributed by atoms with Gasteiger partial charge in [0.1, 0.15) is 0 Å². The molecule has 0 aliphatic rings.